The van der Waals surface area contributed by atoms with Crippen LogP contribution in [0.1, 0.15) is 18.1 Å². The van der Waals surface area contributed by atoms with Crippen molar-refractivity contribution in [2.24, 2.45) is 0 Å². The predicted molar refractivity (Wildman–Crippen MR) is 61.1 cm³/mol. The number of alkyl halides is 1. The molecule has 0 nitrogen and oxygen atoms in total. The van der Waals surface area contributed by atoms with Gasteiger partial charge in [0.05, 0.1) is 5.88 Å². The van der Waals surface area contributed by atoms with Crippen molar-refractivity contribution in [2.75, 3.05) is 5.88 Å². The summed E-state index contributed by atoms with van der Waals surface area (Å²) < 4.78 is 1.10. The van der Waals surface area contributed by atoms with Gasteiger partial charge >= 0.3 is 0 Å². The molecule has 1 rings (SSSR count). The van der Waals surface area contributed by atoms with Gasteiger partial charge in [0.1, 0.15) is 0 Å². The molecule has 0 fully saturated rings. The molecule has 0 spiro atoms. The van der Waals surface area contributed by atoms with Gasteiger partial charge in [0.15, 0.2) is 0 Å². The van der Waals surface area contributed by atoms with Gasteiger partial charge in [-0.05, 0) is 30.2 Å². The van der Waals surface area contributed by atoms with E-state index in [-0.39, 0.29) is 0 Å². The first-order chi connectivity index (χ1) is 6.27. The van der Waals surface area contributed by atoms with E-state index in [4.69, 9.17) is 11.6 Å². The van der Waals surface area contributed by atoms with Gasteiger partial charge in [0.25, 0.3) is 0 Å². The molecule has 2 heteroatoms. The van der Waals surface area contributed by atoms with Gasteiger partial charge in [-0.3, -0.25) is 0 Å². The molecule has 0 saturated heterocycles. The van der Waals surface area contributed by atoms with E-state index in [0.29, 0.717) is 5.88 Å². The van der Waals surface area contributed by atoms with Crippen LogP contribution in [0, 0.1) is 11.8 Å². The minimum absolute atomic E-state index is 0.388. The Bertz CT molecular complexity index is 347. The minimum Gasteiger partial charge on any atom is -0.113 e. The molecule has 0 saturated carbocycles. The van der Waals surface area contributed by atoms with Crippen LogP contribution < -0.4 is 0 Å². The topological polar surface area (TPSA) is 0 Å². The van der Waals surface area contributed by atoms with Gasteiger partial charge < -0.3 is 0 Å². The normalized spacial score (nSPS) is 9.15. The Balaban J connectivity index is 3.06. The van der Waals surface area contributed by atoms with Crippen LogP contribution in [0.4, 0.5) is 0 Å². The third kappa shape index (κ3) is 3.06. The van der Waals surface area contributed by atoms with E-state index in [9.17, 15) is 0 Å². The zero-order chi connectivity index (χ0) is 9.68. The monoisotopic (exact) mass is 256 g/mol. The number of rotatable bonds is 1. The Morgan fingerprint density at radius 3 is 2.85 bits per heavy atom. The fourth-order valence-electron chi connectivity index (χ4n) is 1.11. The lowest BCUT2D eigenvalue weighted by Crippen LogP contribution is -1.87. The zero-order valence-electron chi connectivity index (χ0n) is 7.40. The van der Waals surface area contributed by atoms with Gasteiger partial charge in [-0.2, -0.15) is 0 Å². The van der Waals surface area contributed by atoms with Crippen molar-refractivity contribution in [1.82, 2.24) is 0 Å². The van der Waals surface area contributed by atoms with E-state index >= 15 is 0 Å². The van der Waals surface area contributed by atoms with E-state index in [1.807, 2.05) is 12.1 Å². The van der Waals surface area contributed by atoms with Gasteiger partial charge in [0, 0.05) is 10.0 Å². The summed E-state index contributed by atoms with van der Waals surface area (Å²) >= 11 is 8.93. The molecule has 0 unspecified atom stereocenters. The van der Waals surface area contributed by atoms with Gasteiger partial charge in [0.2, 0.25) is 0 Å². The Kier molecular flexibility index (Phi) is 4.35. The van der Waals surface area contributed by atoms with Gasteiger partial charge in [-0.25, -0.2) is 0 Å². The van der Waals surface area contributed by atoms with Crippen LogP contribution >= 0.6 is 27.5 Å². The molecule has 0 bridgehead atoms. The molecule has 68 valence electrons. The molecular weight excluding hydrogens is 247 g/mol. The van der Waals surface area contributed by atoms with Crippen molar-refractivity contribution in [2.45, 2.75) is 13.3 Å². The highest BCUT2D eigenvalue weighted by atomic mass is 79.9. The average Bonchev–Trinajstić information content (AvgIpc) is 2.16. The molecule has 1 aromatic rings. The molecule has 0 radical (unpaired) electrons. The second kappa shape index (κ2) is 5.32. The second-order valence-electron chi connectivity index (χ2n) is 2.59. The Morgan fingerprint density at radius 2 is 2.23 bits per heavy atom. The van der Waals surface area contributed by atoms with Crippen LogP contribution in [0.15, 0.2) is 22.7 Å². The zero-order valence-corrected chi connectivity index (χ0v) is 9.74. The highest BCUT2D eigenvalue weighted by Crippen LogP contribution is 2.16. The minimum atomic E-state index is 0.388. The highest BCUT2D eigenvalue weighted by Gasteiger charge is 1.97. The van der Waals surface area contributed by atoms with E-state index in [0.717, 1.165) is 16.5 Å². The largest absolute Gasteiger partial charge is 0.113 e. The Morgan fingerprint density at radius 1 is 1.46 bits per heavy atom. The molecular formula is C11H10BrCl. The number of halogens is 2. The number of hydrogen-bond acceptors (Lipinski definition) is 0. The van der Waals surface area contributed by atoms with Crippen LogP contribution in [0.2, 0.25) is 0 Å². The van der Waals surface area contributed by atoms with Crippen molar-refractivity contribution < 1.29 is 0 Å². The molecule has 0 N–H and O–H groups in total. The SMILES string of the molecule is CCc1cc(Br)ccc1C#CCCl. The lowest BCUT2D eigenvalue weighted by atomic mass is 10.1. The van der Waals surface area contributed by atoms with Crippen LogP contribution in [0.25, 0.3) is 0 Å². The average molecular weight is 258 g/mol. The van der Waals surface area contributed by atoms with E-state index in [1.165, 1.54) is 5.56 Å². The maximum atomic E-state index is 5.50. The van der Waals surface area contributed by atoms with Crippen molar-refractivity contribution in [3.05, 3.63) is 33.8 Å². The van der Waals surface area contributed by atoms with Crippen LogP contribution in [-0.2, 0) is 6.42 Å². The van der Waals surface area contributed by atoms with E-state index < -0.39 is 0 Å². The summed E-state index contributed by atoms with van der Waals surface area (Å²) in [5.41, 5.74) is 2.33. The second-order valence-corrected chi connectivity index (χ2v) is 3.77. The summed E-state index contributed by atoms with van der Waals surface area (Å²) in [4.78, 5) is 0. The first-order valence-corrected chi connectivity index (χ1v) is 5.44. The molecule has 13 heavy (non-hydrogen) atoms. The predicted octanol–water partition coefficient (Wildman–Crippen LogP) is 3.60. The molecule has 0 atom stereocenters. The molecule has 1 aromatic carbocycles. The highest BCUT2D eigenvalue weighted by molar-refractivity contribution is 9.10. The Hall–Kier alpha value is -0.450. The van der Waals surface area contributed by atoms with Crippen LogP contribution in [0.5, 0.6) is 0 Å². The molecule has 0 aromatic heterocycles. The third-order valence-electron chi connectivity index (χ3n) is 1.74. The quantitative estimate of drug-likeness (QED) is 0.533. The van der Waals surface area contributed by atoms with Crippen LogP contribution in [0.3, 0.4) is 0 Å². The number of aryl methyl sites for hydroxylation is 1. The summed E-state index contributed by atoms with van der Waals surface area (Å²) in [6, 6.07) is 6.11. The first-order valence-electron chi connectivity index (χ1n) is 4.11. The lowest BCUT2D eigenvalue weighted by molar-refractivity contribution is 1.13. The van der Waals surface area contributed by atoms with Crippen molar-refractivity contribution in [3.63, 3.8) is 0 Å². The maximum Gasteiger partial charge on any atom is 0.0839 e. The lowest BCUT2D eigenvalue weighted by Gasteiger charge is -2.01. The molecule has 0 heterocycles. The summed E-state index contributed by atoms with van der Waals surface area (Å²) in [6.45, 7) is 2.12. The molecule has 0 aliphatic carbocycles. The van der Waals surface area contributed by atoms with Crippen LogP contribution in [-0.4, -0.2) is 5.88 Å². The summed E-state index contributed by atoms with van der Waals surface area (Å²) in [7, 11) is 0. The third-order valence-corrected chi connectivity index (χ3v) is 2.36. The standard InChI is InChI=1S/C11H10BrCl/c1-2-9-8-11(12)6-5-10(9)4-3-7-13/h5-6,8H,2,7H2,1H3. The fourth-order valence-corrected chi connectivity index (χ4v) is 1.58. The number of hydrogen-bond donors (Lipinski definition) is 0. The summed E-state index contributed by atoms with van der Waals surface area (Å²) in [5.74, 6) is 6.29. The maximum absolute atomic E-state index is 5.50. The van der Waals surface area contributed by atoms with E-state index in [2.05, 4.69) is 40.8 Å². The fraction of sp³-hybridized carbons (Fsp3) is 0.273. The first kappa shape index (κ1) is 10.6. The van der Waals surface area contributed by atoms with Crippen molar-refractivity contribution in [1.29, 1.82) is 0 Å². The summed E-state index contributed by atoms with van der Waals surface area (Å²) in [6.07, 6.45) is 0.992. The van der Waals surface area contributed by atoms with Gasteiger partial charge in [-0.15, -0.1) is 11.6 Å². The summed E-state index contributed by atoms with van der Waals surface area (Å²) in [5, 5.41) is 0. The molecule has 0 aliphatic heterocycles. The van der Waals surface area contributed by atoms with E-state index in [1.54, 1.807) is 0 Å². The molecule has 0 amide bonds. The van der Waals surface area contributed by atoms with Crippen molar-refractivity contribution in [3.8, 4) is 11.8 Å². The van der Waals surface area contributed by atoms with Crippen molar-refractivity contribution >= 4 is 27.5 Å². The Labute approximate surface area is 92.4 Å². The smallest absolute Gasteiger partial charge is 0.0839 e. The number of benzene rings is 1. The van der Waals surface area contributed by atoms with Gasteiger partial charge in [-0.1, -0.05) is 34.7 Å². The molecule has 0 aliphatic rings.